The van der Waals surface area contributed by atoms with Gasteiger partial charge in [-0.3, -0.25) is 4.79 Å². The van der Waals surface area contributed by atoms with E-state index in [1.165, 1.54) is 6.92 Å². The summed E-state index contributed by atoms with van der Waals surface area (Å²) in [7, 11) is 1.55. The maximum atomic E-state index is 11.6. The maximum Gasteiger partial charge on any atom is 0.219 e. The molecule has 1 aromatic heterocycles. The molecule has 0 unspecified atom stereocenters. The second-order valence-corrected chi connectivity index (χ2v) is 4.59. The molecule has 0 atom stereocenters. The van der Waals surface area contributed by atoms with Gasteiger partial charge in [-0.05, 0) is 37.3 Å². The number of nitrogens with zero attached hydrogens (tertiary/aromatic N) is 1. The van der Waals surface area contributed by atoms with Gasteiger partial charge in [0.25, 0.3) is 0 Å². The third kappa shape index (κ3) is 3.27. The molecular formula is C15H14ClNO3. The van der Waals surface area contributed by atoms with Crippen LogP contribution in [0.15, 0.2) is 36.5 Å². The lowest BCUT2D eigenvalue weighted by Gasteiger charge is -2.11. The van der Waals surface area contributed by atoms with Crippen LogP contribution in [0, 0.1) is 0 Å². The molecule has 2 aromatic rings. The number of hydrogen-bond donors (Lipinski definition) is 0. The van der Waals surface area contributed by atoms with E-state index in [9.17, 15) is 4.79 Å². The van der Waals surface area contributed by atoms with Gasteiger partial charge in [-0.15, -0.1) is 0 Å². The standard InChI is InChI=1S/C15H14ClNO3/c1-10(18)13-8-12(16)5-6-14(13)20-9-11-4-3-7-17-15(11)19-2/h3-8H,9H2,1-2H3. The first-order chi connectivity index (χ1) is 9.61. The Morgan fingerprint density at radius 3 is 2.85 bits per heavy atom. The molecular weight excluding hydrogens is 278 g/mol. The minimum Gasteiger partial charge on any atom is -0.488 e. The van der Waals surface area contributed by atoms with E-state index in [1.54, 1.807) is 37.6 Å². The summed E-state index contributed by atoms with van der Waals surface area (Å²) in [5, 5.41) is 0.501. The lowest BCUT2D eigenvalue weighted by Crippen LogP contribution is -2.03. The molecule has 0 aliphatic heterocycles. The number of halogens is 1. The number of carbonyl (C=O) groups is 1. The van der Waals surface area contributed by atoms with Crippen molar-refractivity contribution in [1.29, 1.82) is 0 Å². The van der Waals surface area contributed by atoms with Crippen molar-refractivity contribution in [3.8, 4) is 11.6 Å². The van der Waals surface area contributed by atoms with Crippen molar-refractivity contribution in [3.05, 3.63) is 52.7 Å². The average Bonchev–Trinajstić information content (AvgIpc) is 2.46. The van der Waals surface area contributed by atoms with Crippen molar-refractivity contribution in [2.45, 2.75) is 13.5 Å². The summed E-state index contributed by atoms with van der Waals surface area (Å²) >= 11 is 5.89. The first-order valence-corrected chi connectivity index (χ1v) is 6.40. The van der Waals surface area contributed by atoms with Crippen LogP contribution in [0.4, 0.5) is 0 Å². The summed E-state index contributed by atoms with van der Waals surface area (Å²) in [5.41, 5.74) is 1.26. The summed E-state index contributed by atoms with van der Waals surface area (Å²) in [4.78, 5) is 15.7. The molecule has 0 bridgehead atoms. The van der Waals surface area contributed by atoms with Crippen LogP contribution in [-0.2, 0) is 6.61 Å². The molecule has 1 heterocycles. The van der Waals surface area contributed by atoms with Crippen LogP contribution < -0.4 is 9.47 Å². The highest BCUT2D eigenvalue weighted by atomic mass is 35.5. The molecule has 2 rings (SSSR count). The van der Waals surface area contributed by atoms with Gasteiger partial charge in [0.2, 0.25) is 5.88 Å². The normalized spacial score (nSPS) is 10.2. The fourth-order valence-electron chi connectivity index (χ4n) is 1.78. The fraction of sp³-hybridized carbons (Fsp3) is 0.200. The van der Waals surface area contributed by atoms with Gasteiger partial charge in [-0.25, -0.2) is 4.98 Å². The van der Waals surface area contributed by atoms with Crippen molar-refractivity contribution >= 4 is 17.4 Å². The SMILES string of the molecule is COc1ncccc1COc1ccc(Cl)cc1C(C)=O. The number of carbonyl (C=O) groups excluding carboxylic acids is 1. The van der Waals surface area contributed by atoms with E-state index in [1.807, 2.05) is 6.07 Å². The van der Waals surface area contributed by atoms with E-state index in [0.29, 0.717) is 22.2 Å². The summed E-state index contributed by atoms with van der Waals surface area (Å²) in [6.07, 6.45) is 1.64. The lowest BCUT2D eigenvalue weighted by atomic mass is 10.1. The smallest absolute Gasteiger partial charge is 0.219 e. The Morgan fingerprint density at radius 1 is 1.35 bits per heavy atom. The Labute approximate surface area is 122 Å². The molecule has 0 fully saturated rings. The van der Waals surface area contributed by atoms with Gasteiger partial charge in [0.1, 0.15) is 12.4 Å². The highest BCUT2D eigenvalue weighted by Crippen LogP contribution is 2.25. The maximum absolute atomic E-state index is 11.6. The van der Waals surface area contributed by atoms with Gasteiger partial charge in [-0.1, -0.05) is 11.6 Å². The topological polar surface area (TPSA) is 48.4 Å². The Kier molecular flexibility index (Phi) is 4.58. The molecule has 0 saturated carbocycles. The number of aromatic nitrogens is 1. The van der Waals surface area contributed by atoms with Gasteiger partial charge in [-0.2, -0.15) is 0 Å². The van der Waals surface area contributed by atoms with Crippen LogP contribution in [0.1, 0.15) is 22.8 Å². The Morgan fingerprint density at radius 2 is 2.15 bits per heavy atom. The van der Waals surface area contributed by atoms with Crippen molar-refractivity contribution in [1.82, 2.24) is 4.98 Å². The number of Topliss-reactive ketones (excluding diaryl/α,β-unsaturated/α-hetero) is 1. The molecule has 0 spiro atoms. The molecule has 20 heavy (non-hydrogen) atoms. The molecule has 104 valence electrons. The minimum absolute atomic E-state index is 0.0966. The van der Waals surface area contributed by atoms with Crippen molar-refractivity contribution in [2.24, 2.45) is 0 Å². The molecule has 0 aliphatic carbocycles. The number of hydrogen-bond acceptors (Lipinski definition) is 4. The second-order valence-electron chi connectivity index (χ2n) is 4.16. The van der Waals surface area contributed by atoms with Gasteiger partial charge in [0, 0.05) is 11.2 Å². The molecule has 4 nitrogen and oxygen atoms in total. The Bertz CT molecular complexity index is 628. The number of benzene rings is 1. The monoisotopic (exact) mass is 291 g/mol. The van der Waals surface area contributed by atoms with Gasteiger partial charge >= 0.3 is 0 Å². The van der Waals surface area contributed by atoms with Gasteiger partial charge in [0.15, 0.2) is 5.78 Å². The predicted molar refractivity (Wildman–Crippen MR) is 76.6 cm³/mol. The van der Waals surface area contributed by atoms with Crippen molar-refractivity contribution in [2.75, 3.05) is 7.11 Å². The van der Waals surface area contributed by atoms with Crippen LogP contribution >= 0.6 is 11.6 Å². The second kappa shape index (κ2) is 6.39. The van der Waals surface area contributed by atoms with E-state index < -0.39 is 0 Å². The average molecular weight is 292 g/mol. The number of pyridine rings is 1. The van der Waals surface area contributed by atoms with Crippen LogP contribution in [0.5, 0.6) is 11.6 Å². The van der Waals surface area contributed by atoms with E-state index in [2.05, 4.69) is 4.98 Å². The predicted octanol–water partition coefficient (Wildman–Crippen LogP) is 3.53. The zero-order valence-electron chi connectivity index (χ0n) is 11.2. The Hall–Kier alpha value is -2.07. The molecule has 0 radical (unpaired) electrons. The summed E-state index contributed by atoms with van der Waals surface area (Å²) in [6.45, 7) is 1.74. The zero-order chi connectivity index (χ0) is 14.5. The van der Waals surface area contributed by atoms with Gasteiger partial charge in [0.05, 0.1) is 18.2 Å². The van der Waals surface area contributed by atoms with Crippen LogP contribution in [0.25, 0.3) is 0 Å². The largest absolute Gasteiger partial charge is 0.488 e. The van der Waals surface area contributed by atoms with E-state index in [0.717, 1.165) is 5.56 Å². The third-order valence-corrected chi connectivity index (χ3v) is 2.98. The van der Waals surface area contributed by atoms with E-state index in [4.69, 9.17) is 21.1 Å². The fourth-order valence-corrected chi connectivity index (χ4v) is 1.95. The quantitative estimate of drug-likeness (QED) is 0.791. The molecule has 1 aromatic carbocycles. The lowest BCUT2D eigenvalue weighted by molar-refractivity contribution is 0.101. The molecule has 0 saturated heterocycles. The highest BCUT2D eigenvalue weighted by molar-refractivity contribution is 6.31. The van der Waals surface area contributed by atoms with Crippen LogP contribution in [0.3, 0.4) is 0 Å². The summed E-state index contributed by atoms with van der Waals surface area (Å²) in [5.74, 6) is 0.902. The number of ether oxygens (including phenoxy) is 2. The third-order valence-electron chi connectivity index (χ3n) is 2.75. The van der Waals surface area contributed by atoms with Gasteiger partial charge < -0.3 is 9.47 Å². The summed E-state index contributed by atoms with van der Waals surface area (Å²) in [6, 6.07) is 8.62. The Balaban J connectivity index is 2.21. The first kappa shape index (κ1) is 14.3. The molecule has 0 N–H and O–H groups in total. The number of rotatable bonds is 5. The zero-order valence-corrected chi connectivity index (χ0v) is 12.0. The van der Waals surface area contributed by atoms with E-state index >= 15 is 0 Å². The molecule has 5 heteroatoms. The number of methoxy groups -OCH3 is 1. The summed E-state index contributed by atoms with van der Waals surface area (Å²) < 4.78 is 10.8. The first-order valence-electron chi connectivity index (χ1n) is 6.03. The number of ketones is 1. The molecule has 0 amide bonds. The van der Waals surface area contributed by atoms with Crippen molar-refractivity contribution in [3.63, 3.8) is 0 Å². The molecule has 0 aliphatic rings. The van der Waals surface area contributed by atoms with E-state index in [-0.39, 0.29) is 12.4 Å². The van der Waals surface area contributed by atoms with Crippen molar-refractivity contribution < 1.29 is 14.3 Å². The highest BCUT2D eigenvalue weighted by Gasteiger charge is 2.11. The van der Waals surface area contributed by atoms with Crippen LogP contribution in [-0.4, -0.2) is 17.9 Å². The minimum atomic E-state index is -0.0966. The van der Waals surface area contributed by atoms with Crippen LogP contribution in [0.2, 0.25) is 5.02 Å².